The molecule has 9 heteroatoms. The second-order valence-corrected chi connectivity index (χ2v) is 5.93. The highest BCUT2D eigenvalue weighted by Gasteiger charge is 2.12. The molecule has 0 spiro atoms. The molecule has 2 aromatic heterocycles. The minimum Gasteiger partial charge on any atom is -0.336 e. The number of carbonyl (C=O) groups excluding carboxylic acids is 1. The zero-order chi connectivity index (χ0) is 18.5. The van der Waals surface area contributed by atoms with Crippen LogP contribution in [0.2, 0.25) is 5.02 Å². The van der Waals surface area contributed by atoms with Crippen molar-refractivity contribution in [3.63, 3.8) is 0 Å². The van der Waals surface area contributed by atoms with Crippen LogP contribution in [0.25, 0.3) is 11.5 Å². The summed E-state index contributed by atoms with van der Waals surface area (Å²) in [6.07, 6.45) is 1.64. The molecule has 1 aromatic carbocycles. The summed E-state index contributed by atoms with van der Waals surface area (Å²) in [5, 5.41) is 10.2. The second kappa shape index (κ2) is 7.83. The minimum atomic E-state index is -0.374. The molecule has 134 valence electrons. The Morgan fingerprint density at radius 2 is 1.96 bits per heavy atom. The van der Waals surface area contributed by atoms with E-state index in [-0.39, 0.29) is 24.8 Å². The number of nitrogens with one attached hydrogen (secondary N) is 2. The molecule has 0 aliphatic carbocycles. The summed E-state index contributed by atoms with van der Waals surface area (Å²) < 4.78 is 2.72. The van der Waals surface area contributed by atoms with Crippen LogP contribution in [-0.4, -0.2) is 31.9 Å². The summed E-state index contributed by atoms with van der Waals surface area (Å²) in [6, 6.07) is 11.8. The van der Waals surface area contributed by atoms with Crippen LogP contribution in [0.4, 0.5) is 10.5 Å². The van der Waals surface area contributed by atoms with Gasteiger partial charge < -0.3 is 10.6 Å². The van der Waals surface area contributed by atoms with Gasteiger partial charge in [-0.15, -0.1) is 5.10 Å². The van der Waals surface area contributed by atoms with Gasteiger partial charge >= 0.3 is 11.7 Å². The number of pyridine rings is 1. The number of anilines is 1. The topological polar surface area (TPSA) is 93.8 Å². The third-order valence-electron chi connectivity index (χ3n) is 3.65. The van der Waals surface area contributed by atoms with Gasteiger partial charge in [0.15, 0.2) is 5.82 Å². The number of hydrogen-bond donors (Lipinski definition) is 2. The number of aromatic nitrogens is 4. The first kappa shape index (κ1) is 17.7. The molecule has 0 saturated carbocycles. The molecule has 0 fully saturated rings. The highest BCUT2D eigenvalue weighted by molar-refractivity contribution is 6.30. The number of benzene rings is 1. The summed E-state index contributed by atoms with van der Waals surface area (Å²) in [5.41, 5.74) is 0.962. The molecule has 2 N–H and O–H groups in total. The van der Waals surface area contributed by atoms with E-state index in [0.29, 0.717) is 22.2 Å². The van der Waals surface area contributed by atoms with Crippen molar-refractivity contribution in [1.82, 2.24) is 24.6 Å². The van der Waals surface area contributed by atoms with Gasteiger partial charge in [0.2, 0.25) is 0 Å². The van der Waals surface area contributed by atoms with Crippen molar-refractivity contribution in [3.05, 3.63) is 64.2 Å². The van der Waals surface area contributed by atoms with Crippen LogP contribution in [0.1, 0.15) is 0 Å². The summed E-state index contributed by atoms with van der Waals surface area (Å²) in [6.45, 7) is 0.492. The van der Waals surface area contributed by atoms with E-state index in [9.17, 15) is 9.59 Å². The average Bonchev–Trinajstić information content (AvgIpc) is 2.93. The zero-order valence-corrected chi connectivity index (χ0v) is 14.8. The lowest BCUT2D eigenvalue weighted by molar-refractivity contribution is 0.251. The van der Waals surface area contributed by atoms with E-state index >= 15 is 0 Å². The Bertz CT molecular complexity index is 950. The van der Waals surface area contributed by atoms with Gasteiger partial charge in [-0.3, -0.25) is 9.55 Å². The molecular formula is C17H17ClN6O2. The van der Waals surface area contributed by atoms with Gasteiger partial charge in [-0.25, -0.2) is 14.3 Å². The van der Waals surface area contributed by atoms with E-state index < -0.39 is 0 Å². The number of rotatable bonds is 5. The Morgan fingerprint density at radius 1 is 1.19 bits per heavy atom. The third-order valence-corrected chi connectivity index (χ3v) is 3.90. The molecule has 0 bridgehead atoms. The SMILES string of the molecule is Cn1c(-c2ccccn2)nn(CCNC(=O)Nc2ccc(Cl)cc2)c1=O. The van der Waals surface area contributed by atoms with Crippen molar-refractivity contribution in [2.24, 2.45) is 7.05 Å². The maximum Gasteiger partial charge on any atom is 0.346 e. The normalized spacial score (nSPS) is 10.5. The first-order valence-corrected chi connectivity index (χ1v) is 8.28. The molecule has 2 heterocycles. The minimum absolute atomic E-state index is 0.244. The molecular weight excluding hydrogens is 356 g/mol. The molecule has 0 unspecified atom stereocenters. The third kappa shape index (κ3) is 4.09. The first-order chi connectivity index (χ1) is 12.5. The quantitative estimate of drug-likeness (QED) is 0.717. The van der Waals surface area contributed by atoms with Gasteiger partial charge in [-0.05, 0) is 36.4 Å². The predicted molar refractivity (Wildman–Crippen MR) is 99.2 cm³/mol. The van der Waals surface area contributed by atoms with Gasteiger partial charge in [0.05, 0.1) is 6.54 Å². The molecule has 0 aliphatic heterocycles. The van der Waals surface area contributed by atoms with Crippen molar-refractivity contribution in [2.75, 3.05) is 11.9 Å². The summed E-state index contributed by atoms with van der Waals surface area (Å²) in [7, 11) is 1.64. The van der Waals surface area contributed by atoms with Gasteiger partial charge in [0.1, 0.15) is 5.69 Å². The lowest BCUT2D eigenvalue weighted by atomic mass is 10.3. The van der Waals surface area contributed by atoms with Crippen LogP contribution in [0.3, 0.4) is 0 Å². The van der Waals surface area contributed by atoms with Crippen molar-refractivity contribution in [3.8, 4) is 11.5 Å². The lowest BCUT2D eigenvalue weighted by Gasteiger charge is -2.07. The van der Waals surface area contributed by atoms with Crippen molar-refractivity contribution in [2.45, 2.75) is 6.54 Å². The number of nitrogens with zero attached hydrogens (tertiary/aromatic N) is 4. The first-order valence-electron chi connectivity index (χ1n) is 7.90. The molecule has 3 rings (SSSR count). The van der Waals surface area contributed by atoms with Gasteiger partial charge in [0, 0.05) is 30.5 Å². The van der Waals surface area contributed by atoms with Crippen molar-refractivity contribution >= 4 is 23.3 Å². The van der Waals surface area contributed by atoms with Crippen LogP contribution >= 0.6 is 11.6 Å². The lowest BCUT2D eigenvalue weighted by Crippen LogP contribution is -2.34. The maximum absolute atomic E-state index is 12.3. The highest BCUT2D eigenvalue weighted by Crippen LogP contribution is 2.13. The van der Waals surface area contributed by atoms with Crippen LogP contribution in [-0.2, 0) is 13.6 Å². The Hall–Kier alpha value is -3.13. The van der Waals surface area contributed by atoms with E-state index in [1.165, 1.54) is 9.25 Å². The number of amides is 2. The number of halogens is 1. The standard InChI is InChI=1S/C17H17ClN6O2/c1-23-15(14-4-2-3-9-19-14)22-24(17(23)26)11-10-20-16(25)21-13-7-5-12(18)6-8-13/h2-9H,10-11H2,1H3,(H2,20,21,25). The largest absolute Gasteiger partial charge is 0.346 e. The molecule has 0 radical (unpaired) electrons. The number of hydrogen-bond acceptors (Lipinski definition) is 4. The predicted octanol–water partition coefficient (Wildman–Crippen LogP) is 2.12. The second-order valence-electron chi connectivity index (χ2n) is 5.49. The summed E-state index contributed by atoms with van der Waals surface area (Å²) in [4.78, 5) is 28.3. The fourth-order valence-corrected chi connectivity index (χ4v) is 2.46. The van der Waals surface area contributed by atoms with Crippen LogP contribution < -0.4 is 16.3 Å². The molecule has 2 amide bonds. The summed E-state index contributed by atoms with van der Waals surface area (Å²) in [5.74, 6) is 0.473. The average molecular weight is 373 g/mol. The molecule has 3 aromatic rings. The Labute approximate surface area is 154 Å². The highest BCUT2D eigenvalue weighted by atomic mass is 35.5. The molecule has 26 heavy (non-hydrogen) atoms. The van der Waals surface area contributed by atoms with Crippen molar-refractivity contribution in [1.29, 1.82) is 0 Å². The smallest absolute Gasteiger partial charge is 0.336 e. The van der Waals surface area contributed by atoms with E-state index in [1.54, 1.807) is 49.6 Å². The van der Waals surface area contributed by atoms with Crippen LogP contribution in [0.5, 0.6) is 0 Å². The fraction of sp³-hybridized carbons (Fsp3) is 0.176. The zero-order valence-electron chi connectivity index (χ0n) is 14.0. The molecule has 8 nitrogen and oxygen atoms in total. The number of urea groups is 1. The van der Waals surface area contributed by atoms with E-state index in [4.69, 9.17) is 11.6 Å². The van der Waals surface area contributed by atoms with Gasteiger partial charge in [-0.1, -0.05) is 17.7 Å². The Kier molecular flexibility index (Phi) is 5.33. The van der Waals surface area contributed by atoms with Crippen LogP contribution in [0.15, 0.2) is 53.5 Å². The Morgan fingerprint density at radius 3 is 2.65 bits per heavy atom. The van der Waals surface area contributed by atoms with Gasteiger partial charge in [-0.2, -0.15) is 0 Å². The number of carbonyl (C=O) groups is 1. The summed E-state index contributed by atoms with van der Waals surface area (Å²) >= 11 is 5.80. The molecule has 0 saturated heterocycles. The molecule has 0 aliphatic rings. The van der Waals surface area contributed by atoms with Crippen molar-refractivity contribution < 1.29 is 4.79 Å². The van der Waals surface area contributed by atoms with Gasteiger partial charge in [0.25, 0.3) is 0 Å². The maximum atomic E-state index is 12.3. The Balaban J connectivity index is 1.59. The molecule has 0 atom stereocenters. The van der Waals surface area contributed by atoms with E-state index in [1.807, 2.05) is 6.07 Å². The van der Waals surface area contributed by atoms with E-state index in [0.717, 1.165) is 0 Å². The fourth-order valence-electron chi connectivity index (χ4n) is 2.34. The van der Waals surface area contributed by atoms with E-state index in [2.05, 4.69) is 20.7 Å². The monoisotopic (exact) mass is 372 g/mol. The van der Waals surface area contributed by atoms with Crippen LogP contribution in [0, 0.1) is 0 Å².